The molecule has 1 heterocycles. The lowest BCUT2D eigenvalue weighted by molar-refractivity contribution is 0.516. The third-order valence-corrected chi connectivity index (χ3v) is 3.51. The topological polar surface area (TPSA) is 26.0 Å². The van der Waals surface area contributed by atoms with Gasteiger partial charge in [-0.2, -0.15) is 0 Å². The molecule has 2 rings (SSSR count). The van der Waals surface area contributed by atoms with Gasteiger partial charge in [0.15, 0.2) is 0 Å². The predicted octanol–water partition coefficient (Wildman–Crippen LogP) is 3.52. The van der Waals surface area contributed by atoms with Crippen molar-refractivity contribution >= 4 is 11.3 Å². The molecular formula is C12H10F3NS. The highest BCUT2D eigenvalue weighted by atomic mass is 32.1. The van der Waals surface area contributed by atoms with Crippen LogP contribution in [0.5, 0.6) is 0 Å². The molecule has 1 nitrogen and oxygen atoms in total. The minimum atomic E-state index is -0.957. The number of hydrogen-bond acceptors (Lipinski definition) is 2. The highest BCUT2D eigenvalue weighted by molar-refractivity contribution is 7.12. The van der Waals surface area contributed by atoms with Gasteiger partial charge in [-0.25, -0.2) is 13.2 Å². The Labute approximate surface area is 101 Å². The van der Waals surface area contributed by atoms with Crippen LogP contribution in [0, 0.1) is 24.4 Å². The quantitative estimate of drug-likeness (QED) is 0.875. The van der Waals surface area contributed by atoms with Crippen molar-refractivity contribution in [2.45, 2.75) is 13.0 Å². The van der Waals surface area contributed by atoms with Crippen LogP contribution in [0.2, 0.25) is 0 Å². The molecule has 0 saturated carbocycles. The molecule has 1 aromatic carbocycles. The van der Waals surface area contributed by atoms with Crippen LogP contribution in [0.4, 0.5) is 13.2 Å². The molecule has 0 radical (unpaired) electrons. The van der Waals surface area contributed by atoms with Gasteiger partial charge in [0, 0.05) is 27.5 Å². The monoisotopic (exact) mass is 257 g/mol. The van der Waals surface area contributed by atoms with Crippen LogP contribution in [0.1, 0.15) is 21.4 Å². The molecule has 2 aromatic rings. The summed E-state index contributed by atoms with van der Waals surface area (Å²) in [5.41, 5.74) is 5.49. The first kappa shape index (κ1) is 12.1. The summed E-state index contributed by atoms with van der Waals surface area (Å²) < 4.78 is 39.8. The van der Waals surface area contributed by atoms with Gasteiger partial charge in [0.2, 0.25) is 0 Å². The van der Waals surface area contributed by atoms with Gasteiger partial charge in [-0.3, -0.25) is 0 Å². The zero-order valence-corrected chi connectivity index (χ0v) is 9.82. The highest BCUT2D eigenvalue weighted by Crippen LogP contribution is 2.29. The normalized spacial score (nSPS) is 12.8. The second-order valence-corrected chi connectivity index (χ2v) is 5.03. The van der Waals surface area contributed by atoms with E-state index < -0.39 is 23.5 Å². The summed E-state index contributed by atoms with van der Waals surface area (Å²) in [6, 6.07) is 3.90. The van der Waals surface area contributed by atoms with Gasteiger partial charge in [0.1, 0.15) is 17.5 Å². The molecule has 0 fully saturated rings. The Bertz CT molecular complexity index is 527. The smallest absolute Gasteiger partial charge is 0.134 e. The van der Waals surface area contributed by atoms with Crippen LogP contribution in [0.25, 0.3) is 0 Å². The van der Waals surface area contributed by atoms with Gasteiger partial charge in [0.25, 0.3) is 0 Å². The molecule has 0 bridgehead atoms. The molecule has 1 aromatic heterocycles. The molecule has 1 atom stereocenters. The fourth-order valence-electron chi connectivity index (χ4n) is 1.61. The Morgan fingerprint density at radius 3 is 2.18 bits per heavy atom. The summed E-state index contributed by atoms with van der Waals surface area (Å²) >= 11 is 1.36. The van der Waals surface area contributed by atoms with Crippen molar-refractivity contribution in [1.29, 1.82) is 0 Å². The van der Waals surface area contributed by atoms with E-state index in [0.29, 0.717) is 17.0 Å². The summed E-state index contributed by atoms with van der Waals surface area (Å²) in [5.74, 6) is -2.86. The SMILES string of the molecule is Cc1ccc(C(N)c2c(F)cc(F)cc2F)s1. The van der Waals surface area contributed by atoms with E-state index in [4.69, 9.17) is 5.73 Å². The molecule has 0 aliphatic heterocycles. The molecule has 0 amide bonds. The van der Waals surface area contributed by atoms with Gasteiger partial charge < -0.3 is 5.73 Å². The Morgan fingerprint density at radius 1 is 1.12 bits per heavy atom. The first-order chi connectivity index (χ1) is 7.99. The summed E-state index contributed by atoms with van der Waals surface area (Å²) in [4.78, 5) is 1.64. The summed E-state index contributed by atoms with van der Waals surface area (Å²) in [7, 11) is 0. The van der Waals surface area contributed by atoms with Crippen molar-refractivity contribution in [3.05, 3.63) is 57.0 Å². The number of nitrogens with two attached hydrogens (primary N) is 1. The zero-order valence-electron chi connectivity index (χ0n) is 9.01. The maximum absolute atomic E-state index is 13.5. The average molecular weight is 257 g/mol. The van der Waals surface area contributed by atoms with E-state index >= 15 is 0 Å². The van der Waals surface area contributed by atoms with Crippen LogP contribution in [0.15, 0.2) is 24.3 Å². The average Bonchev–Trinajstić information content (AvgIpc) is 2.63. The standard InChI is InChI=1S/C12H10F3NS/c1-6-2-3-10(17-6)12(16)11-8(14)4-7(13)5-9(11)15/h2-5,12H,16H2,1H3. The van der Waals surface area contributed by atoms with Crippen molar-refractivity contribution in [2.24, 2.45) is 5.73 Å². The summed E-state index contributed by atoms with van der Waals surface area (Å²) in [6.07, 6.45) is 0. The molecular weight excluding hydrogens is 247 g/mol. The number of aryl methyl sites for hydroxylation is 1. The second kappa shape index (κ2) is 4.50. The lowest BCUT2D eigenvalue weighted by Crippen LogP contribution is -2.14. The van der Waals surface area contributed by atoms with E-state index in [9.17, 15) is 13.2 Å². The molecule has 17 heavy (non-hydrogen) atoms. The fraction of sp³-hybridized carbons (Fsp3) is 0.167. The minimum Gasteiger partial charge on any atom is -0.319 e. The minimum absolute atomic E-state index is 0.298. The molecule has 1 unspecified atom stereocenters. The lowest BCUT2D eigenvalue weighted by Gasteiger charge is -2.12. The Kier molecular flexibility index (Phi) is 3.22. The maximum Gasteiger partial charge on any atom is 0.134 e. The van der Waals surface area contributed by atoms with Crippen molar-refractivity contribution < 1.29 is 13.2 Å². The first-order valence-corrected chi connectivity index (χ1v) is 5.77. The largest absolute Gasteiger partial charge is 0.319 e. The number of halogens is 3. The predicted molar refractivity (Wildman–Crippen MR) is 61.4 cm³/mol. The number of hydrogen-bond donors (Lipinski definition) is 1. The van der Waals surface area contributed by atoms with Gasteiger partial charge in [0.05, 0.1) is 6.04 Å². The first-order valence-electron chi connectivity index (χ1n) is 4.95. The molecule has 5 heteroatoms. The number of benzene rings is 1. The van der Waals surface area contributed by atoms with E-state index in [1.807, 2.05) is 13.0 Å². The van der Waals surface area contributed by atoms with Crippen molar-refractivity contribution in [3.63, 3.8) is 0 Å². The zero-order chi connectivity index (χ0) is 12.6. The van der Waals surface area contributed by atoms with E-state index in [1.54, 1.807) is 6.07 Å². The van der Waals surface area contributed by atoms with Crippen LogP contribution < -0.4 is 5.73 Å². The maximum atomic E-state index is 13.5. The van der Waals surface area contributed by atoms with E-state index in [2.05, 4.69) is 0 Å². The van der Waals surface area contributed by atoms with Gasteiger partial charge >= 0.3 is 0 Å². The summed E-state index contributed by atoms with van der Waals surface area (Å²) in [6.45, 7) is 1.87. The third kappa shape index (κ3) is 2.35. The van der Waals surface area contributed by atoms with Gasteiger partial charge in [-0.15, -0.1) is 11.3 Å². The van der Waals surface area contributed by atoms with Gasteiger partial charge in [-0.05, 0) is 19.1 Å². The van der Waals surface area contributed by atoms with E-state index in [-0.39, 0.29) is 5.56 Å². The summed E-state index contributed by atoms with van der Waals surface area (Å²) in [5, 5.41) is 0. The van der Waals surface area contributed by atoms with Crippen LogP contribution in [0.3, 0.4) is 0 Å². The Balaban J connectivity index is 2.47. The van der Waals surface area contributed by atoms with Crippen LogP contribution in [-0.4, -0.2) is 0 Å². The lowest BCUT2D eigenvalue weighted by atomic mass is 10.0. The van der Waals surface area contributed by atoms with Crippen LogP contribution >= 0.6 is 11.3 Å². The molecule has 0 spiro atoms. The van der Waals surface area contributed by atoms with Crippen molar-refractivity contribution in [2.75, 3.05) is 0 Å². The fourth-order valence-corrected chi connectivity index (χ4v) is 2.50. The molecule has 0 aliphatic rings. The van der Waals surface area contributed by atoms with E-state index in [0.717, 1.165) is 4.88 Å². The van der Waals surface area contributed by atoms with Gasteiger partial charge in [-0.1, -0.05) is 0 Å². The Hall–Kier alpha value is -1.33. The number of thiophene rings is 1. The van der Waals surface area contributed by atoms with Crippen LogP contribution in [-0.2, 0) is 0 Å². The molecule has 0 saturated heterocycles. The van der Waals surface area contributed by atoms with E-state index in [1.165, 1.54) is 11.3 Å². The highest BCUT2D eigenvalue weighted by Gasteiger charge is 2.20. The van der Waals surface area contributed by atoms with Crippen molar-refractivity contribution in [1.82, 2.24) is 0 Å². The third-order valence-electron chi connectivity index (χ3n) is 2.42. The molecule has 2 N–H and O–H groups in total. The Morgan fingerprint density at radius 2 is 1.71 bits per heavy atom. The van der Waals surface area contributed by atoms with Crippen molar-refractivity contribution in [3.8, 4) is 0 Å². The second-order valence-electron chi connectivity index (χ2n) is 3.71. The molecule has 0 aliphatic carbocycles. The molecule has 90 valence electrons. The number of rotatable bonds is 2.